The van der Waals surface area contributed by atoms with Gasteiger partial charge in [0, 0.05) is 11.1 Å². The van der Waals surface area contributed by atoms with Crippen LogP contribution in [0.1, 0.15) is 42.2 Å². The van der Waals surface area contributed by atoms with Gasteiger partial charge in [-0.15, -0.1) is 0 Å². The van der Waals surface area contributed by atoms with Crippen LogP contribution in [0.3, 0.4) is 0 Å². The predicted molar refractivity (Wildman–Crippen MR) is 99.8 cm³/mol. The number of rotatable bonds is 4. The number of hydrogen-bond donors (Lipinski definition) is 1. The van der Waals surface area contributed by atoms with Gasteiger partial charge < -0.3 is 19.3 Å². The molecule has 2 aromatic carbocycles. The van der Waals surface area contributed by atoms with Gasteiger partial charge in [0.1, 0.15) is 11.5 Å². The summed E-state index contributed by atoms with van der Waals surface area (Å²) in [6.45, 7) is 1.76. The van der Waals surface area contributed by atoms with E-state index in [9.17, 15) is 19.5 Å². The summed E-state index contributed by atoms with van der Waals surface area (Å²) < 4.78 is 15.5. The molecule has 0 heterocycles. The number of Topliss-reactive ketones (excluding diaryl/α,β-unsaturated/α-hetero) is 2. The zero-order chi connectivity index (χ0) is 20.6. The fraction of sp³-hybridized carbons (Fsp3) is 0.190. The van der Waals surface area contributed by atoms with Gasteiger partial charge in [0.15, 0.2) is 11.5 Å². The summed E-state index contributed by atoms with van der Waals surface area (Å²) in [4.78, 5) is 38.7. The molecule has 0 saturated carbocycles. The number of allylic oxidation sites excluding steroid dienone is 2. The minimum Gasteiger partial charge on any atom is -0.507 e. The summed E-state index contributed by atoms with van der Waals surface area (Å²) in [6, 6.07) is 7.38. The molecule has 0 aliphatic heterocycles. The second kappa shape index (κ2) is 7.19. The monoisotopic (exact) mass is 382 g/mol. The first-order chi connectivity index (χ1) is 13.3. The number of carbonyl (C=O) groups excluding carboxylic acids is 3. The summed E-state index contributed by atoms with van der Waals surface area (Å²) in [6.07, 6.45) is 0. The summed E-state index contributed by atoms with van der Waals surface area (Å²) in [5, 5.41) is 10.1. The highest BCUT2D eigenvalue weighted by atomic mass is 16.5. The average Bonchev–Trinajstić information content (AvgIpc) is 2.69. The Balaban J connectivity index is 2.42. The van der Waals surface area contributed by atoms with E-state index in [2.05, 4.69) is 0 Å². The maximum Gasteiger partial charge on any atom is 0.338 e. The Morgan fingerprint density at radius 1 is 0.964 bits per heavy atom. The van der Waals surface area contributed by atoms with E-state index in [1.807, 2.05) is 0 Å². The van der Waals surface area contributed by atoms with Gasteiger partial charge in [-0.2, -0.15) is 0 Å². The van der Waals surface area contributed by atoms with Gasteiger partial charge in [-0.1, -0.05) is 12.1 Å². The second-order valence-corrected chi connectivity index (χ2v) is 6.15. The molecule has 2 aromatic rings. The number of aromatic hydroxyl groups is 1. The van der Waals surface area contributed by atoms with Crippen LogP contribution < -0.4 is 4.74 Å². The molecule has 7 nitrogen and oxygen atoms in total. The van der Waals surface area contributed by atoms with Crippen molar-refractivity contribution in [1.82, 2.24) is 0 Å². The number of fused-ring (bicyclic) bond motifs is 1. The molecule has 0 saturated heterocycles. The van der Waals surface area contributed by atoms with Crippen LogP contribution >= 0.6 is 0 Å². The molecular formula is C21H18O7. The van der Waals surface area contributed by atoms with Gasteiger partial charge in [0.2, 0.25) is 5.78 Å². The first-order valence-electron chi connectivity index (χ1n) is 8.32. The van der Waals surface area contributed by atoms with Gasteiger partial charge >= 0.3 is 5.97 Å². The third-order valence-corrected chi connectivity index (χ3v) is 4.50. The minimum atomic E-state index is -0.693. The van der Waals surface area contributed by atoms with Crippen LogP contribution in [0.15, 0.2) is 36.1 Å². The lowest BCUT2D eigenvalue weighted by Crippen LogP contribution is -2.24. The zero-order valence-corrected chi connectivity index (χ0v) is 15.8. The quantitative estimate of drug-likeness (QED) is 0.812. The first-order valence-corrected chi connectivity index (χ1v) is 8.32. The first kappa shape index (κ1) is 19.2. The van der Waals surface area contributed by atoms with E-state index in [0.717, 1.165) is 0 Å². The molecule has 0 bridgehead atoms. The second-order valence-electron chi connectivity index (χ2n) is 6.15. The Morgan fingerprint density at radius 3 is 2.29 bits per heavy atom. The molecule has 0 atom stereocenters. The molecule has 0 fully saturated rings. The number of carbonyl (C=O) groups is 3. The fourth-order valence-electron chi connectivity index (χ4n) is 3.30. The fourth-order valence-corrected chi connectivity index (χ4v) is 3.30. The highest BCUT2D eigenvalue weighted by Crippen LogP contribution is 2.41. The minimum absolute atomic E-state index is 0.0132. The number of benzene rings is 2. The van der Waals surface area contributed by atoms with E-state index in [4.69, 9.17) is 14.2 Å². The van der Waals surface area contributed by atoms with Crippen molar-refractivity contribution >= 4 is 23.1 Å². The molecule has 3 rings (SSSR count). The molecule has 1 aliphatic carbocycles. The Labute approximate surface area is 161 Å². The Hall–Kier alpha value is -3.61. The van der Waals surface area contributed by atoms with E-state index in [1.165, 1.54) is 39.5 Å². The maximum absolute atomic E-state index is 13.3. The topological polar surface area (TPSA) is 99.1 Å². The average molecular weight is 382 g/mol. The molecule has 0 aromatic heterocycles. The lowest BCUT2D eigenvalue weighted by atomic mass is 9.82. The summed E-state index contributed by atoms with van der Waals surface area (Å²) in [5.74, 6) is -2.32. The molecule has 0 radical (unpaired) electrons. The van der Waals surface area contributed by atoms with E-state index < -0.39 is 17.5 Å². The van der Waals surface area contributed by atoms with Crippen molar-refractivity contribution in [2.24, 2.45) is 0 Å². The van der Waals surface area contributed by atoms with Crippen LogP contribution in [0.5, 0.6) is 11.5 Å². The summed E-state index contributed by atoms with van der Waals surface area (Å²) >= 11 is 0. The normalized spacial score (nSPS) is 13.3. The molecule has 144 valence electrons. The van der Waals surface area contributed by atoms with Crippen molar-refractivity contribution in [1.29, 1.82) is 0 Å². The number of esters is 1. The number of methoxy groups -OCH3 is 3. The van der Waals surface area contributed by atoms with Gasteiger partial charge in [-0.3, -0.25) is 9.59 Å². The van der Waals surface area contributed by atoms with E-state index in [0.29, 0.717) is 5.56 Å². The Bertz CT molecular complexity index is 1050. The lowest BCUT2D eigenvalue weighted by molar-refractivity contribution is 0.0599. The van der Waals surface area contributed by atoms with Crippen LogP contribution in [0.2, 0.25) is 0 Å². The van der Waals surface area contributed by atoms with Crippen molar-refractivity contribution in [3.8, 4) is 11.5 Å². The van der Waals surface area contributed by atoms with Crippen LogP contribution in [-0.4, -0.2) is 44.0 Å². The Morgan fingerprint density at radius 2 is 1.68 bits per heavy atom. The molecule has 0 spiro atoms. The molecule has 1 aliphatic rings. The van der Waals surface area contributed by atoms with Crippen molar-refractivity contribution in [2.45, 2.75) is 6.92 Å². The standard InChI is InChI=1S/C21H18O7/c1-10-8-12(21(25)28-4)16(14(9-10)26-2)17-18(23)11-6-5-7-13(22)15(11)19(24)20(17)27-3/h5-9,22H,1-4H3. The van der Waals surface area contributed by atoms with Gasteiger partial charge in [-0.05, 0) is 30.7 Å². The molecule has 0 amide bonds. The number of hydrogen-bond acceptors (Lipinski definition) is 7. The Kier molecular flexibility index (Phi) is 4.92. The number of phenolic OH excluding ortho intramolecular Hbond substituents is 1. The van der Waals surface area contributed by atoms with Gasteiger partial charge in [-0.25, -0.2) is 4.79 Å². The predicted octanol–water partition coefficient (Wildman–Crippen LogP) is 2.93. The smallest absolute Gasteiger partial charge is 0.338 e. The third kappa shape index (κ3) is 2.81. The van der Waals surface area contributed by atoms with Crippen molar-refractivity contribution in [3.05, 3.63) is 63.9 Å². The van der Waals surface area contributed by atoms with Crippen LogP contribution in [0.25, 0.3) is 5.57 Å². The number of ketones is 2. The molecule has 7 heteroatoms. The van der Waals surface area contributed by atoms with Gasteiger partial charge in [0.05, 0.1) is 38.0 Å². The zero-order valence-electron chi connectivity index (χ0n) is 15.8. The number of aryl methyl sites for hydroxylation is 1. The third-order valence-electron chi connectivity index (χ3n) is 4.50. The highest BCUT2D eigenvalue weighted by molar-refractivity contribution is 6.41. The molecular weight excluding hydrogens is 364 g/mol. The number of ether oxygens (including phenoxy) is 3. The molecule has 28 heavy (non-hydrogen) atoms. The van der Waals surface area contributed by atoms with Crippen LogP contribution in [0.4, 0.5) is 0 Å². The largest absolute Gasteiger partial charge is 0.507 e. The van der Waals surface area contributed by atoms with E-state index >= 15 is 0 Å². The van der Waals surface area contributed by atoms with E-state index in [-0.39, 0.29) is 45.1 Å². The molecule has 0 unspecified atom stereocenters. The molecule has 1 N–H and O–H groups in total. The number of phenols is 1. The van der Waals surface area contributed by atoms with Gasteiger partial charge in [0.25, 0.3) is 0 Å². The van der Waals surface area contributed by atoms with Crippen molar-refractivity contribution in [3.63, 3.8) is 0 Å². The van der Waals surface area contributed by atoms with E-state index in [1.54, 1.807) is 19.1 Å². The maximum atomic E-state index is 13.3. The van der Waals surface area contributed by atoms with Crippen LogP contribution in [-0.2, 0) is 9.47 Å². The van der Waals surface area contributed by atoms with Crippen LogP contribution in [0, 0.1) is 6.92 Å². The van der Waals surface area contributed by atoms with Crippen molar-refractivity contribution < 1.29 is 33.7 Å². The summed E-state index contributed by atoms with van der Waals surface area (Å²) in [7, 11) is 3.85. The summed E-state index contributed by atoms with van der Waals surface area (Å²) in [5.41, 5.74) is 0.617. The SMILES string of the molecule is COC(=O)c1cc(C)cc(OC)c1C1=C(OC)C(=O)c2c(O)cccc2C1=O. The highest BCUT2D eigenvalue weighted by Gasteiger charge is 2.39. The lowest BCUT2D eigenvalue weighted by Gasteiger charge is -2.23. The van der Waals surface area contributed by atoms with Crippen molar-refractivity contribution in [2.75, 3.05) is 21.3 Å².